The van der Waals surface area contributed by atoms with Gasteiger partial charge in [0.25, 0.3) is 0 Å². The van der Waals surface area contributed by atoms with E-state index < -0.39 is 0 Å². The van der Waals surface area contributed by atoms with Crippen LogP contribution in [-0.4, -0.2) is 34.6 Å². The molecular weight excluding hydrogens is 246 g/mol. The lowest BCUT2D eigenvalue weighted by molar-refractivity contribution is 0.681. The highest BCUT2D eigenvalue weighted by atomic mass is 32.2. The average molecular weight is 267 g/mol. The lowest BCUT2D eigenvalue weighted by atomic mass is 10.2. The normalized spacial score (nSPS) is 19.3. The molecular formula is C12H21N5S. The minimum Gasteiger partial charge on any atom is -0.356 e. The first-order valence-electron chi connectivity index (χ1n) is 6.28. The molecule has 1 unspecified atom stereocenters. The van der Waals surface area contributed by atoms with Gasteiger partial charge in [-0.3, -0.25) is 0 Å². The number of anilines is 2. The molecule has 100 valence electrons. The molecule has 2 rings (SSSR count). The molecule has 1 aromatic rings. The quantitative estimate of drug-likeness (QED) is 0.641. The summed E-state index contributed by atoms with van der Waals surface area (Å²) in [7, 11) is 2.10. The van der Waals surface area contributed by atoms with Crippen molar-refractivity contribution in [1.82, 2.24) is 9.97 Å². The van der Waals surface area contributed by atoms with Gasteiger partial charge in [-0.05, 0) is 12.2 Å². The topological polar surface area (TPSA) is 67.1 Å². The van der Waals surface area contributed by atoms with E-state index in [1.54, 1.807) is 0 Å². The smallest absolute Gasteiger partial charge is 0.145 e. The van der Waals surface area contributed by atoms with Gasteiger partial charge in [0.1, 0.15) is 17.5 Å². The highest BCUT2D eigenvalue weighted by molar-refractivity contribution is 7.99. The fourth-order valence-corrected chi connectivity index (χ4v) is 3.25. The van der Waals surface area contributed by atoms with E-state index in [0.29, 0.717) is 17.8 Å². The minimum atomic E-state index is 0.295. The average Bonchev–Trinajstić information content (AvgIpc) is 2.91. The summed E-state index contributed by atoms with van der Waals surface area (Å²) in [4.78, 5) is 11.3. The molecule has 1 fully saturated rings. The van der Waals surface area contributed by atoms with E-state index in [2.05, 4.69) is 41.2 Å². The Morgan fingerprint density at radius 1 is 1.50 bits per heavy atom. The number of hydrazine groups is 1. The molecule has 5 nitrogen and oxygen atoms in total. The van der Waals surface area contributed by atoms with Crippen LogP contribution in [0.15, 0.2) is 6.07 Å². The predicted molar refractivity (Wildman–Crippen MR) is 78.1 cm³/mol. The molecule has 2 heterocycles. The predicted octanol–water partition coefficient (Wildman–Crippen LogP) is 1.83. The van der Waals surface area contributed by atoms with Crippen LogP contribution < -0.4 is 16.2 Å². The van der Waals surface area contributed by atoms with Crippen molar-refractivity contribution in [1.29, 1.82) is 0 Å². The minimum absolute atomic E-state index is 0.295. The number of nitrogens with zero attached hydrogens (tertiary/aromatic N) is 3. The Morgan fingerprint density at radius 3 is 2.83 bits per heavy atom. The lowest BCUT2D eigenvalue weighted by Crippen LogP contribution is -2.32. The number of hydrogen-bond donors (Lipinski definition) is 2. The van der Waals surface area contributed by atoms with Gasteiger partial charge in [0.15, 0.2) is 0 Å². The molecule has 0 aliphatic carbocycles. The van der Waals surface area contributed by atoms with Crippen molar-refractivity contribution in [2.45, 2.75) is 32.2 Å². The van der Waals surface area contributed by atoms with Crippen molar-refractivity contribution in [3.8, 4) is 0 Å². The van der Waals surface area contributed by atoms with E-state index in [4.69, 9.17) is 5.84 Å². The summed E-state index contributed by atoms with van der Waals surface area (Å²) in [5, 5.41) is 0. The number of aromatic nitrogens is 2. The van der Waals surface area contributed by atoms with Crippen LogP contribution in [0.25, 0.3) is 0 Å². The zero-order chi connectivity index (χ0) is 13.1. The second-order valence-corrected chi connectivity index (χ2v) is 6.05. The van der Waals surface area contributed by atoms with E-state index in [-0.39, 0.29) is 0 Å². The molecule has 3 N–H and O–H groups in total. The van der Waals surface area contributed by atoms with Gasteiger partial charge in [0.05, 0.1) is 0 Å². The van der Waals surface area contributed by atoms with E-state index in [1.807, 2.05) is 17.8 Å². The Hall–Kier alpha value is -1.01. The van der Waals surface area contributed by atoms with Crippen molar-refractivity contribution in [3.05, 3.63) is 11.9 Å². The maximum absolute atomic E-state index is 5.48. The fourth-order valence-electron chi connectivity index (χ4n) is 1.98. The van der Waals surface area contributed by atoms with Crippen LogP contribution in [-0.2, 0) is 0 Å². The zero-order valence-electron chi connectivity index (χ0n) is 11.2. The summed E-state index contributed by atoms with van der Waals surface area (Å²) in [6, 6.07) is 2.48. The molecule has 0 amide bonds. The highest BCUT2D eigenvalue weighted by Gasteiger charge is 2.22. The molecule has 6 heteroatoms. The monoisotopic (exact) mass is 267 g/mol. The van der Waals surface area contributed by atoms with Crippen LogP contribution in [0.2, 0.25) is 0 Å². The zero-order valence-corrected chi connectivity index (χ0v) is 12.0. The Bertz CT molecular complexity index is 403. The summed E-state index contributed by atoms with van der Waals surface area (Å²) < 4.78 is 0. The number of nitrogens with one attached hydrogen (secondary N) is 1. The van der Waals surface area contributed by atoms with Crippen molar-refractivity contribution in [2.24, 2.45) is 5.84 Å². The Morgan fingerprint density at radius 2 is 2.28 bits per heavy atom. The van der Waals surface area contributed by atoms with Crippen molar-refractivity contribution in [3.63, 3.8) is 0 Å². The van der Waals surface area contributed by atoms with Gasteiger partial charge in [-0.25, -0.2) is 15.8 Å². The van der Waals surface area contributed by atoms with Gasteiger partial charge in [-0.1, -0.05) is 13.8 Å². The summed E-state index contributed by atoms with van der Waals surface area (Å²) in [6.07, 6.45) is 1.22. The standard InChI is InChI=1S/C12H21N5S/c1-8(2)12-14-10(16-13)6-11(15-12)17(3)9-4-5-18-7-9/h6,8-9H,4-5,7,13H2,1-3H3,(H,14,15,16). The molecule has 18 heavy (non-hydrogen) atoms. The van der Waals surface area contributed by atoms with Crippen molar-refractivity contribution in [2.75, 3.05) is 28.9 Å². The first kappa shape index (κ1) is 13.4. The largest absolute Gasteiger partial charge is 0.356 e. The Balaban J connectivity index is 2.27. The van der Waals surface area contributed by atoms with E-state index in [1.165, 1.54) is 17.9 Å². The van der Waals surface area contributed by atoms with Gasteiger partial charge in [0, 0.05) is 30.8 Å². The van der Waals surface area contributed by atoms with Crippen LogP contribution in [0.3, 0.4) is 0 Å². The van der Waals surface area contributed by atoms with Crippen LogP contribution in [0.5, 0.6) is 0 Å². The highest BCUT2D eigenvalue weighted by Crippen LogP contribution is 2.26. The van der Waals surface area contributed by atoms with Crippen molar-refractivity contribution >= 4 is 23.4 Å². The van der Waals surface area contributed by atoms with E-state index in [0.717, 1.165) is 11.6 Å². The Kier molecular flexibility index (Phi) is 4.29. The summed E-state index contributed by atoms with van der Waals surface area (Å²) in [5.74, 6) is 10.6. The molecule has 0 saturated carbocycles. The summed E-state index contributed by atoms with van der Waals surface area (Å²) in [5.41, 5.74) is 2.63. The molecule has 0 radical (unpaired) electrons. The second kappa shape index (κ2) is 5.75. The third-order valence-electron chi connectivity index (χ3n) is 3.21. The molecule has 1 aromatic heterocycles. The summed E-state index contributed by atoms with van der Waals surface area (Å²) >= 11 is 2.00. The second-order valence-electron chi connectivity index (χ2n) is 4.90. The summed E-state index contributed by atoms with van der Waals surface area (Å²) in [6.45, 7) is 4.18. The maximum atomic E-state index is 5.48. The van der Waals surface area contributed by atoms with Gasteiger partial charge in [0.2, 0.25) is 0 Å². The molecule has 0 aromatic carbocycles. The van der Waals surface area contributed by atoms with E-state index >= 15 is 0 Å². The van der Waals surface area contributed by atoms with Crippen LogP contribution >= 0.6 is 11.8 Å². The molecule has 0 spiro atoms. The molecule has 1 aliphatic rings. The number of nitrogen functional groups attached to an aromatic ring is 1. The molecule has 1 saturated heterocycles. The molecule has 1 aliphatic heterocycles. The van der Waals surface area contributed by atoms with Crippen molar-refractivity contribution < 1.29 is 0 Å². The number of rotatable bonds is 4. The van der Waals surface area contributed by atoms with Gasteiger partial charge in [-0.15, -0.1) is 0 Å². The third-order valence-corrected chi connectivity index (χ3v) is 4.35. The van der Waals surface area contributed by atoms with Crippen LogP contribution in [0, 0.1) is 0 Å². The van der Waals surface area contributed by atoms with Gasteiger partial charge in [-0.2, -0.15) is 11.8 Å². The lowest BCUT2D eigenvalue weighted by Gasteiger charge is -2.25. The molecule has 1 atom stereocenters. The maximum Gasteiger partial charge on any atom is 0.145 e. The third kappa shape index (κ3) is 2.87. The number of nitrogens with two attached hydrogens (primary N) is 1. The van der Waals surface area contributed by atoms with Gasteiger partial charge >= 0.3 is 0 Å². The van der Waals surface area contributed by atoms with Crippen LogP contribution in [0.4, 0.5) is 11.6 Å². The molecule has 0 bridgehead atoms. The number of hydrogen-bond acceptors (Lipinski definition) is 6. The van der Waals surface area contributed by atoms with Crippen LogP contribution in [0.1, 0.15) is 32.0 Å². The SMILES string of the molecule is CC(C)c1nc(NN)cc(N(C)C2CCSC2)n1. The Labute approximate surface area is 113 Å². The first-order valence-corrected chi connectivity index (χ1v) is 7.43. The van der Waals surface area contributed by atoms with E-state index in [9.17, 15) is 0 Å². The first-order chi connectivity index (χ1) is 8.61. The fraction of sp³-hybridized carbons (Fsp3) is 0.667. The van der Waals surface area contributed by atoms with Gasteiger partial charge < -0.3 is 10.3 Å². The number of thioether (sulfide) groups is 1.